The normalized spacial score (nSPS) is 14.1. The van der Waals surface area contributed by atoms with Crippen molar-refractivity contribution in [3.63, 3.8) is 0 Å². The summed E-state index contributed by atoms with van der Waals surface area (Å²) in [5.41, 5.74) is -1.98. The van der Waals surface area contributed by atoms with E-state index in [1.807, 2.05) is 6.92 Å². The Hall–Kier alpha value is -1.76. The molecule has 1 N–H and O–H groups in total. The third kappa shape index (κ3) is 5.12. The van der Waals surface area contributed by atoms with Gasteiger partial charge < -0.3 is 14.8 Å². The van der Waals surface area contributed by atoms with Crippen molar-refractivity contribution in [2.24, 2.45) is 0 Å². The van der Waals surface area contributed by atoms with Gasteiger partial charge in [0.1, 0.15) is 11.4 Å². The maximum Gasteiger partial charge on any atom is 0.420 e. The van der Waals surface area contributed by atoms with E-state index < -0.39 is 23.2 Å². The molecule has 1 amide bonds. The van der Waals surface area contributed by atoms with E-state index in [9.17, 15) is 18.0 Å². The van der Waals surface area contributed by atoms with Gasteiger partial charge in [0.05, 0.1) is 12.7 Å². The Bertz CT molecular complexity index is 561. The molecule has 24 heavy (non-hydrogen) atoms. The number of benzene rings is 1. The molecule has 0 fully saturated rings. The fourth-order valence-corrected chi connectivity index (χ4v) is 2.29. The molecule has 0 radical (unpaired) electrons. The molecular formula is C17H24F3NO3. The van der Waals surface area contributed by atoms with Crippen LogP contribution in [0.3, 0.4) is 0 Å². The maximum absolute atomic E-state index is 13.0. The number of rotatable bonds is 8. The van der Waals surface area contributed by atoms with Crippen LogP contribution < -0.4 is 10.1 Å². The summed E-state index contributed by atoms with van der Waals surface area (Å²) in [5.74, 6) is -0.766. The lowest BCUT2D eigenvalue weighted by Crippen LogP contribution is -2.42. The van der Waals surface area contributed by atoms with E-state index in [4.69, 9.17) is 9.47 Å². The fraction of sp³-hybridized carbons (Fsp3) is 0.588. The minimum absolute atomic E-state index is 0.0480. The average Bonchev–Trinajstić information content (AvgIpc) is 2.54. The summed E-state index contributed by atoms with van der Waals surface area (Å²) in [6, 6.07) is 3.41. The van der Waals surface area contributed by atoms with Gasteiger partial charge >= 0.3 is 6.18 Å². The van der Waals surface area contributed by atoms with Crippen LogP contribution in [0.1, 0.15) is 45.1 Å². The maximum atomic E-state index is 13.0. The second kappa shape index (κ2) is 8.37. The number of amides is 1. The van der Waals surface area contributed by atoms with Crippen LogP contribution in [-0.4, -0.2) is 25.7 Å². The van der Waals surface area contributed by atoms with Crippen molar-refractivity contribution in [3.8, 4) is 5.75 Å². The first-order chi connectivity index (χ1) is 11.2. The van der Waals surface area contributed by atoms with Gasteiger partial charge in [0.15, 0.2) is 0 Å². The summed E-state index contributed by atoms with van der Waals surface area (Å²) in [5, 5.41) is 2.50. The minimum Gasteiger partial charge on any atom is -0.496 e. The summed E-state index contributed by atoms with van der Waals surface area (Å²) in [4.78, 5) is 12.4. The number of hydrogen-bond acceptors (Lipinski definition) is 3. The molecule has 0 saturated heterocycles. The van der Waals surface area contributed by atoms with E-state index in [1.165, 1.54) is 26.4 Å². The highest BCUT2D eigenvalue weighted by molar-refractivity contribution is 5.97. The zero-order valence-electron chi connectivity index (χ0n) is 14.4. The van der Waals surface area contributed by atoms with Crippen LogP contribution in [0.25, 0.3) is 0 Å². The number of unbranched alkanes of at least 4 members (excludes halogenated alkanes) is 2. The van der Waals surface area contributed by atoms with Crippen molar-refractivity contribution in [1.29, 1.82) is 0 Å². The van der Waals surface area contributed by atoms with E-state index in [-0.39, 0.29) is 11.4 Å². The molecule has 136 valence electrons. The minimum atomic E-state index is -4.57. The van der Waals surface area contributed by atoms with Gasteiger partial charge in [-0.2, -0.15) is 13.2 Å². The van der Waals surface area contributed by atoms with Crippen LogP contribution >= 0.6 is 0 Å². The van der Waals surface area contributed by atoms with E-state index in [1.54, 1.807) is 6.92 Å². The zero-order chi connectivity index (χ0) is 18.4. The molecule has 0 bridgehead atoms. The van der Waals surface area contributed by atoms with Crippen molar-refractivity contribution in [2.45, 2.75) is 51.3 Å². The molecule has 0 aliphatic rings. The number of halogens is 3. The van der Waals surface area contributed by atoms with Gasteiger partial charge in [-0.1, -0.05) is 26.2 Å². The Labute approximate surface area is 140 Å². The molecular weight excluding hydrogens is 323 g/mol. The molecule has 0 aliphatic carbocycles. The van der Waals surface area contributed by atoms with E-state index in [2.05, 4.69) is 5.32 Å². The van der Waals surface area contributed by atoms with Crippen molar-refractivity contribution in [3.05, 3.63) is 23.8 Å². The quantitative estimate of drug-likeness (QED) is 0.697. The van der Waals surface area contributed by atoms with E-state index >= 15 is 0 Å². The van der Waals surface area contributed by atoms with Gasteiger partial charge in [0.2, 0.25) is 0 Å². The summed E-state index contributed by atoms with van der Waals surface area (Å²) in [6.45, 7) is 3.67. The molecule has 7 heteroatoms. The number of nitrogens with one attached hydrogen (secondary N) is 1. The fourth-order valence-electron chi connectivity index (χ4n) is 2.29. The third-order valence-corrected chi connectivity index (χ3v) is 3.95. The van der Waals surface area contributed by atoms with Gasteiger partial charge in [-0.3, -0.25) is 4.79 Å². The lowest BCUT2D eigenvalue weighted by atomic mass is 9.96. The smallest absolute Gasteiger partial charge is 0.420 e. The summed E-state index contributed by atoms with van der Waals surface area (Å²) in [6.07, 6.45) is -1.34. The highest BCUT2D eigenvalue weighted by atomic mass is 19.4. The van der Waals surface area contributed by atoms with Crippen molar-refractivity contribution >= 4 is 11.6 Å². The largest absolute Gasteiger partial charge is 0.496 e. The van der Waals surface area contributed by atoms with Gasteiger partial charge in [0, 0.05) is 12.8 Å². The molecule has 1 aromatic carbocycles. The van der Waals surface area contributed by atoms with Crippen LogP contribution in [0.2, 0.25) is 0 Å². The van der Waals surface area contributed by atoms with Crippen LogP contribution in [0.5, 0.6) is 5.75 Å². The summed E-state index contributed by atoms with van der Waals surface area (Å²) in [7, 11) is 2.58. The Balaban J connectivity index is 2.97. The summed E-state index contributed by atoms with van der Waals surface area (Å²) >= 11 is 0. The van der Waals surface area contributed by atoms with Crippen LogP contribution in [0, 0.1) is 0 Å². The number of methoxy groups -OCH3 is 2. The van der Waals surface area contributed by atoms with Crippen LogP contribution in [0.4, 0.5) is 18.9 Å². The Morgan fingerprint density at radius 1 is 1.21 bits per heavy atom. The molecule has 0 spiro atoms. The molecule has 0 heterocycles. The van der Waals surface area contributed by atoms with Crippen LogP contribution in [0.15, 0.2) is 18.2 Å². The number of hydrogen-bond donors (Lipinski definition) is 1. The van der Waals surface area contributed by atoms with Gasteiger partial charge in [0.25, 0.3) is 5.91 Å². The molecule has 1 rings (SSSR count). The van der Waals surface area contributed by atoms with E-state index in [0.717, 1.165) is 25.3 Å². The lowest BCUT2D eigenvalue weighted by Gasteiger charge is -2.27. The van der Waals surface area contributed by atoms with Crippen molar-refractivity contribution in [2.75, 3.05) is 19.5 Å². The Morgan fingerprint density at radius 3 is 2.38 bits per heavy atom. The first-order valence-corrected chi connectivity index (χ1v) is 7.79. The standard InChI is InChI=1S/C17H24F3NO3/c1-5-6-7-10-16(2,24-4)15(22)21-12-8-9-14(23-3)13(11-12)17(18,19)20/h8-9,11H,5-7,10H2,1-4H3,(H,21,22). The van der Waals surface area contributed by atoms with Gasteiger partial charge in [-0.25, -0.2) is 0 Å². The zero-order valence-corrected chi connectivity index (χ0v) is 14.4. The molecule has 0 saturated carbocycles. The number of alkyl halides is 3. The predicted octanol–water partition coefficient (Wildman–Crippen LogP) is 4.64. The molecule has 1 atom stereocenters. The SMILES string of the molecule is CCCCCC(C)(OC)C(=O)Nc1ccc(OC)c(C(F)(F)F)c1. The first kappa shape index (κ1) is 20.3. The lowest BCUT2D eigenvalue weighted by molar-refractivity contribution is -0.139. The Kier molecular flexibility index (Phi) is 7.08. The number of carbonyl (C=O) groups excluding carboxylic acids is 1. The summed E-state index contributed by atoms with van der Waals surface area (Å²) < 4.78 is 49.2. The van der Waals surface area contributed by atoms with Crippen molar-refractivity contribution in [1.82, 2.24) is 0 Å². The second-order valence-electron chi connectivity index (χ2n) is 5.76. The van der Waals surface area contributed by atoms with Crippen molar-refractivity contribution < 1.29 is 27.4 Å². The number of ether oxygens (including phenoxy) is 2. The molecule has 1 aromatic rings. The Morgan fingerprint density at radius 2 is 1.88 bits per heavy atom. The molecule has 0 aromatic heterocycles. The molecule has 0 aliphatic heterocycles. The average molecular weight is 347 g/mol. The predicted molar refractivity (Wildman–Crippen MR) is 86.2 cm³/mol. The van der Waals surface area contributed by atoms with E-state index in [0.29, 0.717) is 6.42 Å². The molecule has 1 unspecified atom stereocenters. The van der Waals surface area contributed by atoms with Crippen LogP contribution in [-0.2, 0) is 15.7 Å². The highest BCUT2D eigenvalue weighted by Gasteiger charge is 2.36. The highest BCUT2D eigenvalue weighted by Crippen LogP contribution is 2.38. The second-order valence-corrected chi connectivity index (χ2v) is 5.76. The topological polar surface area (TPSA) is 47.6 Å². The van der Waals surface area contributed by atoms with Gasteiger partial charge in [-0.15, -0.1) is 0 Å². The monoisotopic (exact) mass is 347 g/mol. The number of anilines is 1. The van der Waals surface area contributed by atoms with Gasteiger partial charge in [-0.05, 0) is 31.5 Å². The number of carbonyl (C=O) groups is 1. The molecule has 4 nitrogen and oxygen atoms in total. The first-order valence-electron chi connectivity index (χ1n) is 7.79. The third-order valence-electron chi connectivity index (χ3n) is 3.95.